The molecule has 1 amide bonds. The second-order valence-electron chi connectivity index (χ2n) is 5.91. The molecule has 2 aromatic carbocycles. The Hall–Kier alpha value is -1.90. The maximum atomic E-state index is 12.2. The van der Waals surface area contributed by atoms with Gasteiger partial charge in [0.1, 0.15) is 5.75 Å². The Kier molecular flexibility index (Phi) is 8.27. The van der Waals surface area contributed by atoms with E-state index in [1.165, 1.54) is 17.7 Å². The zero-order valence-corrected chi connectivity index (χ0v) is 17.5. The molecule has 0 aliphatic carbocycles. The summed E-state index contributed by atoms with van der Waals surface area (Å²) >= 11 is 3.24. The number of ether oxygens (including phenoxy) is 1. The number of methoxy groups -OCH3 is 1. The fourth-order valence-corrected chi connectivity index (χ4v) is 4.05. The Labute approximate surface area is 168 Å². The van der Waals surface area contributed by atoms with Crippen LogP contribution in [-0.4, -0.2) is 34.5 Å². The summed E-state index contributed by atoms with van der Waals surface area (Å²) < 4.78 is 32.5. The quantitative estimate of drug-likeness (QED) is 0.540. The number of aryl methyl sites for hydroxylation is 1. The lowest BCUT2D eigenvalue weighted by atomic mass is 10.1. The molecule has 0 spiro atoms. The summed E-state index contributed by atoms with van der Waals surface area (Å²) in [5.74, 6) is 0.638. The van der Waals surface area contributed by atoms with Crippen LogP contribution in [0.2, 0.25) is 0 Å². The van der Waals surface area contributed by atoms with E-state index in [1.54, 1.807) is 19.2 Å². The Morgan fingerprint density at radius 2 is 1.85 bits per heavy atom. The molecule has 0 saturated carbocycles. The predicted octanol–water partition coefficient (Wildman–Crippen LogP) is 2.88. The SMILES string of the molecule is COc1ccc(CCCNC(=O)CCNS(=O)(=O)c2cccc(Br)c2)cc1. The van der Waals surface area contributed by atoms with Crippen LogP contribution in [0, 0.1) is 0 Å². The van der Waals surface area contributed by atoms with Crippen LogP contribution in [0.3, 0.4) is 0 Å². The number of hydrogen-bond donors (Lipinski definition) is 2. The summed E-state index contributed by atoms with van der Waals surface area (Å²) in [4.78, 5) is 12.0. The van der Waals surface area contributed by atoms with Gasteiger partial charge in [-0.25, -0.2) is 13.1 Å². The predicted molar refractivity (Wildman–Crippen MR) is 108 cm³/mol. The molecule has 0 bridgehead atoms. The second-order valence-corrected chi connectivity index (χ2v) is 8.59. The minimum atomic E-state index is -3.62. The number of carbonyl (C=O) groups excluding carboxylic acids is 1. The molecule has 8 heteroatoms. The van der Waals surface area contributed by atoms with E-state index in [9.17, 15) is 13.2 Å². The van der Waals surface area contributed by atoms with E-state index in [0.29, 0.717) is 11.0 Å². The molecule has 0 aliphatic rings. The molecule has 2 N–H and O–H groups in total. The van der Waals surface area contributed by atoms with Crippen LogP contribution < -0.4 is 14.8 Å². The lowest BCUT2D eigenvalue weighted by Crippen LogP contribution is -2.31. The normalized spacial score (nSPS) is 11.2. The second kappa shape index (κ2) is 10.4. The Morgan fingerprint density at radius 1 is 1.11 bits per heavy atom. The molecule has 2 aromatic rings. The summed E-state index contributed by atoms with van der Waals surface area (Å²) in [6.45, 7) is 0.600. The highest BCUT2D eigenvalue weighted by molar-refractivity contribution is 9.10. The molecule has 0 atom stereocenters. The van der Waals surface area contributed by atoms with Gasteiger partial charge in [-0.2, -0.15) is 0 Å². The molecule has 6 nitrogen and oxygen atoms in total. The number of rotatable bonds is 10. The van der Waals surface area contributed by atoms with Gasteiger partial charge >= 0.3 is 0 Å². The van der Waals surface area contributed by atoms with E-state index >= 15 is 0 Å². The molecule has 0 unspecified atom stereocenters. The van der Waals surface area contributed by atoms with Crippen molar-refractivity contribution in [2.45, 2.75) is 24.2 Å². The third-order valence-electron chi connectivity index (χ3n) is 3.87. The molecule has 146 valence electrons. The van der Waals surface area contributed by atoms with E-state index < -0.39 is 10.0 Å². The molecule has 0 saturated heterocycles. The largest absolute Gasteiger partial charge is 0.497 e. The van der Waals surface area contributed by atoms with Gasteiger partial charge in [-0.15, -0.1) is 0 Å². The third kappa shape index (κ3) is 7.32. The molecule has 27 heavy (non-hydrogen) atoms. The smallest absolute Gasteiger partial charge is 0.240 e. The van der Waals surface area contributed by atoms with E-state index in [0.717, 1.165) is 18.6 Å². The fraction of sp³-hybridized carbons (Fsp3) is 0.316. The molecule has 0 aliphatic heterocycles. The number of carbonyl (C=O) groups is 1. The van der Waals surface area contributed by atoms with Crippen molar-refractivity contribution in [3.8, 4) is 5.75 Å². The zero-order valence-electron chi connectivity index (χ0n) is 15.1. The van der Waals surface area contributed by atoms with Crippen LogP contribution in [0.15, 0.2) is 57.9 Å². The van der Waals surface area contributed by atoms with Crippen molar-refractivity contribution < 1.29 is 17.9 Å². The van der Waals surface area contributed by atoms with Crippen molar-refractivity contribution in [2.24, 2.45) is 0 Å². The third-order valence-corrected chi connectivity index (χ3v) is 5.83. The molecular weight excluding hydrogens is 432 g/mol. The lowest BCUT2D eigenvalue weighted by Gasteiger charge is -2.08. The van der Waals surface area contributed by atoms with Crippen LogP contribution in [0.25, 0.3) is 0 Å². The van der Waals surface area contributed by atoms with Gasteiger partial charge in [0.25, 0.3) is 0 Å². The Morgan fingerprint density at radius 3 is 2.52 bits per heavy atom. The number of benzene rings is 2. The minimum Gasteiger partial charge on any atom is -0.497 e. The minimum absolute atomic E-state index is 0.0547. The van der Waals surface area contributed by atoms with Crippen LogP contribution in [0.4, 0.5) is 0 Å². The number of hydrogen-bond acceptors (Lipinski definition) is 4. The van der Waals surface area contributed by atoms with Gasteiger partial charge < -0.3 is 10.1 Å². The summed E-state index contributed by atoms with van der Waals surface area (Å²) in [5, 5.41) is 2.80. The fourth-order valence-electron chi connectivity index (χ4n) is 2.42. The van der Waals surface area contributed by atoms with Gasteiger partial charge in [0.05, 0.1) is 12.0 Å². The van der Waals surface area contributed by atoms with E-state index in [2.05, 4.69) is 26.0 Å². The maximum absolute atomic E-state index is 12.2. The van der Waals surface area contributed by atoms with E-state index in [4.69, 9.17) is 4.74 Å². The first-order valence-electron chi connectivity index (χ1n) is 8.55. The molecule has 0 heterocycles. The highest BCUT2D eigenvalue weighted by Gasteiger charge is 2.14. The van der Waals surface area contributed by atoms with Crippen molar-refractivity contribution in [3.05, 3.63) is 58.6 Å². The monoisotopic (exact) mass is 454 g/mol. The average molecular weight is 455 g/mol. The standard InChI is InChI=1S/C19H23BrN2O4S/c1-26-17-9-7-15(8-10-17)4-3-12-21-19(23)11-13-22-27(24,25)18-6-2-5-16(20)14-18/h2,5-10,14,22H,3-4,11-13H2,1H3,(H,21,23). The summed E-state index contributed by atoms with van der Waals surface area (Å²) in [6, 6.07) is 14.2. The molecular formula is C19H23BrN2O4S. The summed E-state index contributed by atoms with van der Waals surface area (Å²) in [6.07, 6.45) is 1.75. The molecule has 2 rings (SSSR count). The van der Waals surface area contributed by atoms with Gasteiger partial charge in [0, 0.05) is 24.0 Å². The van der Waals surface area contributed by atoms with Crippen molar-refractivity contribution in [1.82, 2.24) is 10.0 Å². The zero-order chi connectivity index (χ0) is 19.7. The number of halogens is 1. The van der Waals surface area contributed by atoms with Gasteiger partial charge in [-0.05, 0) is 48.7 Å². The Balaban J connectivity index is 1.65. The number of amides is 1. The highest BCUT2D eigenvalue weighted by atomic mass is 79.9. The maximum Gasteiger partial charge on any atom is 0.240 e. The first-order chi connectivity index (χ1) is 12.9. The molecule has 0 fully saturated rings. The first-order valence-corrected chi connectivity index (χ1v) is 10.8. The average Bonchev–Trinajstić information content (AvgIpc) is 2.65. The molecule has 0 radical (unpaired) electrons. The molecule has 0 aromatic heterocycles. The van der Waals surface area contributed by atoms with Crippen LogP contribution >= 0.6 is 15.9 Å². The Bertz CT molecular complexity index is 854. The van der Waals surface area contributed by atoms with Gasteiger partial charge in [0.2, 0.25) is 15.9 Å². The topological polar surface area (TPSA) is 84.5 Å². The van der Waals surface area contributed by atoms with Gasteiger partial charge in [-0.3, -0.25) is 4.79 Å². The van der Waals surface area contributed by atoms with Crippen molar-refractivity contribution in [1.29, 1.82) is 0 Å². The van der Waals surface area contributed by atoms with Gasteiger partial charge in [-0.1, -0.05) is 34.1 Å². The van der Waals surface area contributed by atoms with Crippen LogP contribution in [0.1, 0.15) is 18.4 Å². The van der Waals surface area contributed by atoms with Gasteiger partial charge in [0.15, 0.2) is 0 Å². The highest BCUT2D eigenvalue weighted by Crippen LogP contribution is 2.15. The van der Waals surface area contributed by atoms with Crippen molar-refractivity contribution in [2.75, 3.05) is 20.2 Å². The number of nitrogens with one attached hydrogen (secondary N) is 2. The first kappa shape index (κ1) is 21.4. The van der Waals surface area contributed by atoms with Crippen LogP contribution in [0.5, 0.6) is 5.75 Å². The lowest BCUT2D eigenvalue weighted by molar-refractivity contribution is -0.120. The number of sulfonamides is 1. The van der Waals surface area contributed by atoms with Crippen molar-refractivity contribution in [3.63, 3.8) is 0 Å². The summed E-state index contributed by atoms with van der Waals surface area (Å²) in [5.41, 5.74) is 1.17. The van der Waals surface area contributed by atoms with E-state index in [-0.39, 0.29) is 23.8 Å². The van der Waals surface area contributed by atoms with Crippen LogP contribution in [-0.2, 0) is 21.2 Å². The van der Waals surface area contributed by atoms with Crippen molar-refractivity contribution >= 4 is 31.9 Å². The van der Waals surface area contributed by atoms with E-state index in [1.807, 2.05) is 24.3 Å². The summed E-state index contributed by atoms with van der Waals surface area (Å²) in [7, 11) is -1.99.